The SMILES string of the molecule is CC(C)(C)c1ccccc1CN=[N+]=[N-]. The molecule has 0 radical (unpaired) electrons. The molecule has 0 heterocycles. The molecule has 1 aromatic carbocycles. The third-order valence-corrected chi connectivity index (χ3v) is 2.13. The van der Waals surface area contributed by atoms with Gasteiger partial charge in [0.2, 0.25) is 0 Å². The Labute approximate surface area is 84.4 Å². The summed E-state index contributed by atoms with van der Waals surface area (Å²) in [6, 6.07) is 8.08. The summed E-state index contributed by atoms with van der Waals surface area (Å²) in [5, 5.41) is 3.60. The third-order valence-electron chi connectivity index (χ3n) is 2.13. The zero-order chi connectivity index (χ0) is 10.6. The van der Waals surface area contributed by atoms with Gasteiger partial charge in [-0.25, -0.2) is 0 Å². The van der Waals surface area contributed by atoms with Crippen LogP contribution in [-0.2, 0) is 12.0 Å². The van der Waals surface area contributed by atoms with E-state index in [2.05, 4.69) is 36.9 Å². The molecule has 3 heteroatoms. The maximum atomic E-state index is 8.28. The van der Waals surface area contributed by atoms with Crippen LogP contribution in [-0.4, -0.2) is 0 Å². The third kappa shape index (κ3) is 2.51. The highest BCUT2D eigenvalue weighted by Crippen LogP contribution is 2.25. The van der Waals surface area contributed by atoms with Gasteiger partial charge in [0.25, 0.3) is 0 Å². The predicted molar refractivity (Wildman–Crippen MR) is 58.0 cm³/mol. The first kappa shape index (κ1) is 10.6. The van der Waals surface area contributed by atoms with Gasteiger partial charge in [0, 0.05) is 4.91 Å². The van der Waals surface area contributed by atoms with Crippen LogP contribution in [0.1, 0.15) is 31.9 Å². The first-order chi connectivity index (χ1) is 6.55. The Morgan fingerprint density at radius 1 is 1.29 bits per heavy atom. The first-order valence-corrected chi connectivity index (χ1v) is 4.65. The Morgan fingerprint density at radius 3 is 2.50 bits per heavy atom. The summed E-state index contributed by atoms with van der Waals surface area (Å²) in [7, 11) is 0. The van der Waals surface area contributed by atoms with Crippen molar-refractivity contribution in [3.05, 3.63) is 45.8 Å². The van der Waals surface area contributed by atoms with Gasteiger partial charge in [-0.05, 0) is 22.1 Å². The van der Waals surface area contributed by atoms with E-state index in [1.54, 1.807) is 0 Å². The average molecular weight is 189 g/mol. The fraction of sp³-hybridized carbons (Fsp3) is 0.455. The standard InChI is InChI=1S/C11H15N3/c1-11(2,3)10-7-5-4-6-9(10)8-13-14-12/h4-7H,8H2,1-3H3. The Morgan fingerprint density at radius 2 is 1.93 bits per heavy atom. The van der Waals surface area contributed by atoms with Gasteiger partial charge < -0.3 is 0 Å². The van der Waals surface area contributed by atoms with Crippen molar-refractivity contribution in [1.29, 1.82) is 0 Å². The molecule has 0 aliphatic heterocycles. The largest absolute Gasteiger partial charge is 0.0893 e. The van der Waals surface area contributed by atoms with Crippen LogP contribution >= 0.6 is 0 Å². The van der Waals surface area contributed by atoms with Gasteiger partial charge in [0.1, 0.15) is 0 Å². The summed E-state index contributed by atoms with van der Waals surface area (Å²) < 4.78 is 0. The number of rotatable bonds is 2. The molecular formula is C11H15N3. The van der Waals surface area contributed by atoms with Crippen LogP contribution in [0.2, 0.25) is 0 Å². The lowest BCUT2D eigenvalue weighted by Gasteiger charge is -2.22. The van der Waals surface area contributed by atoms with Crippen molar-refractivity contribution in [2.45, 2.75) is 32.7 Å². The van der Waals surface area contributed by atoms with E-state index < -0.39 is 0 Å². The molecular weight excluding hydrogens is 174 g/mol. The fourth-order valence-electron chi connectivity index (χ4n) is 1.50. The van der Waals surface area contributed by atoms with E-state index in [9.17, 15) is 0 Å². The molecule has 0 aliphatic rings. The molecule has 0 atom stereocenters. The summed E-state index contributed by atoms with van der Waals surface area (Å²) >= 11 is 0. The minimum Gasteiger partial charge on any atom is -0.0893 e. The number of hydrogen-bond donors (Lipinski definition) is 0. The van der Waals surface area contributed by atoms with Crippen LogP contribution in [0.25, 0.3) is 10.4 Å². The molecule has 14 heavy (non-hydrogen) atoms. The summed E-state index contributed by atoms with van der Waals surface area (Å²) in [6.45, 7) is 6.90. The number of benzene rings is 1. The second-order valence-electron chi connectivity index (χ2n) is 4.30. The highest BCUT2D eigenvalue weighted by Gasteiger charge is 2.16. The van der Waals surface area contributed by atoms with Crippen molar-refractivity contribution in [1.82, 2.24) is 0 Å². The van der Waals surface area contributed by atoms with E-state index in [0.29, 0.717) is 6.54 Å². The molecule has 0 amide bonds. The molecule has 0 aromatic heterocycles. The summed E-state index contributed by atoms with van der Waals surface area (Å²) in [6.07, 6.45) is 0. The first-order valence-electron chi connectivity index (χ1n) is 4.65. The van der Waals surface area contributed by atoms with Gasteiger partial charge in [-0.1, -0.05) is 50.2 Å². The molecule has 0 fully saturated rings. The molecule has 0 spiro atoms. The van der Waals surface area contributed by atoms with Crippen molar-refractivity contribution in [2.75, 3.05) is 0 Å². The highest BCUT2D eigenvalue weighted by molar-refractivity contribution is 5.32. The van der Waals surface area contributed by atoms with Crippen LogP contribution in [0.5, 0.6) is 0 Å². The number of azide groups is 1. The van der Waals surface area contributed by atoms with Gasteiger partial charge >= 0.3 is 0 Å². The van der Waals surface area contributed by atoms with E-state index >= 15 is 0 Å². The number of hydrogen-bond acceptors (Lipinski definition) is 1. The predicted octanol–water partition coefficient (Wildman–Crippen LogP) is 3.79. The molecule has 0 unspecified atom stereocenters. The minimum absolute atomic E-state index is 0.0988. The highest BCUT2D eigenvalue weighted by atomic mass is 15.1. The van der Waals surface area contributed by atoms with E-state index in [0.717, 1.165) is 5.56 Å². The van der Waals surface area contributed by atoms with Gasteiger partial charge in [-0.3, -0.25) is 0 Å². The molecule has 3 nitrogen and oxygen atoms in total. The Bertz CT molecular complexity index is 357. The lowest BCUT2D eigenvalue weighted by molar-refractivity contribution is 0.582. The smallest absolute Gasteiger partial charge is 0.0513 e. The summed E-state index contributed by atoms with van der Waals surface area (Å²) in [5.41, 5.74) is 10.7. The second-order valence-corrected chi connectivity index (χ2v) is 4.30. The minimum atomic E-state index is 0.0988. The van der Waals surface area contributed by atoms with E-state index in [1.165, 1.54) is 5.56 Å². The van der Waals surface area contributed by atoms with Crippen molar-refractivity contribution in [2.24, 2.45) is 5.11 Å². The van der Waals surface area contributed by atoms with Gasteiger partial charge in [0.15, 0.2) is 0 Å². The molecule has 0 aliphatic carbocycles. The molecule has 74 valence electrons. The molecule has 1 aromatic rings. The van der Waals surface area contributed by atoms with Crippen LogP contribution < -0.4 is 0 Å². The van der Waals surface area contributed by atoms with Crippen molar-refractivity contribution < 1.29 is 0 Å². The van der Waals surface area contributed by atoms with Gasteiger partial charge in [0.05, 0.1) is 6.54 Å². The lowest BCUT2D eigenvalue weighted by atomic mass is 9.84. The van der Waals surface area contributed by atoms with E-state index in [1.807, 2.05) is 18.2 Å². The number of nitrogens with zero attached hydrogens (tertiary/aromatic N) is 3. The monoisotopic (exact) mass is 189 g/mol. The van der Waals surface area contributed by atoms with Crippen molar-refractivity contribution in [3.8, 4) is 0 Å². The molecule has 0 N–H and O–H groups in total. The zero-order valence-corrected chi connectivity index (χ0v) is 8.86. The molecule has 1 rings (SSSR count). The topological polar surface area (TPSA) is 48.8 Å². The zero-order valence-electron chi connectivity index (χ0n) is 8.86. The summed E-state index contributed by atoms with van der Waals surface area (Å²) in [5.74, 6) is 0. The van der Waals surface area contributed by atoms with Crippen molar-refractivity contribution in [3.63, 3.8) is 0 Å². The Hall–Kier alpha value is -1.47. The maximum Gasteiger partial charge on any atom is 0.0513 e. The van der Waals surface area contributed by atoms with Gasteiger partial charge in [-0.15, -0.1) is 0 Å². The second kappa shape index (κ2) is 4.16. The Balaban J connectivity index is 3.09. The quantitative estimate of drug-likeness (QED) is 0.386. The fourth-order valence-corrected chi connectivity index (χ4v) is 1.50. The normalized spacial score (nSPS) is 10.8. The van der Waals surface area contributed by atoms with Crippen molar-refractivity contribution >= 4 is 0 Å². The Kier molecular flexibility index (Phi) is 3.15. The van der Waals surface area contributed by atoms with Gasteiger partial charge in [-0.2, -0.15) is 0 Å². The molecule has 0 saturated heterocycles. The van der Waals surface area contributed by atoms with Crippen LogP contribution in [0.3, 0.4) is 0 Å². The maximum absolute atomic E-state index is 8.28. The van der Waals surface area contributed by atoms with Crippen LogP contribution in [0, 0.1) is 0 Å². The van der Waals surface area contributed by atoms with E-state index in [-0.39, 0.29) is 5.41 Å². The molecule has 0 bridgehead atoms. The average Bonchev–Trinajstić information content (AvgIpc) is 2.14. The van der Waals surface area contributed by atoms with Crippen LogP contribution in [0.15, 0.2) is 29.4 Å². The lowest BCUT2D eigenvalue weighted by Crippen LogP contribution is -2.13. The summed E-state index contributed by atoms with van der Waals surface area (Å²) in [4.78, 5) is 2.78. The van der Waals surface area contributed by atoms with Crippen LogP contribution in [0.4, 0.5) is 0 Å². The molecule has 0 saturated carbocycles. The van der Waals surface area contributed by atoms with E-state index in [4.69, 9.17) is 5.53 Å².